The van der Waals surface area contributed by atoms with Crippen LogP contribution in [0.5, 0.6) is 0 Å². The number of hydrogen-bond donors (Lipinski definition) is 1. The topological polar surface area (TPSA) is 102 Å². The molecule has 0 bridgehead atoms. The van der Waals surface area contributed by atoms with Crippen LogP contribution < -0.4 is 4.72 Å². The lowest BCUT2D eigenvalue weighted by Crippen LogP contribution is -2.30. The van der Waals surface area contributed by atoms with E-state index in [-0.39, 0.29) is 16.5 Å². The van der Waals surface area contributed by atoms with E-state index in [1.807, 2.05) is 11.6 Å². The Kier molecular flexibility index (Phi) is 4.13. The first kappa shape index (κ1) is 15.9. The predicted octanol–water partition coefficient (Wildman–Crippen LogP) is 2.16. The fraction of sp³-hybridized carbons (Fsp3) is 0.0625. The number of benzene rings is 1. The molecule has 0 fully saturated rings. The van der Waals surface area contributed by atoms with Crippen LogP contribution in [0.4, 0.5) is 0 Å². The van der Waals surface area contributed by atoms with Gasteiger partial charge in [0.15, 0.2) is 5.69 Å². The maximum Gasteiger partial charge on any atom is 0.286 e. The normalized spacial score (nSPS) is 11.2. The Morgan fingerprint density at radius 1 is 1.12 bits per heavy atom. The number of sulfonamides is 1. The minimum Gasteiger partial charge on any atom is -0.442 e. The van der Waals surface area contributed by atoms with Crippen molar-refractivity contribution < 1.29 is 17.6 Å². The number of carbonyl (C=O) groups excluding carboxylic acids is 1. The van der Waals surface area contributed by atoms with Gasteiger partial charge in [0.2, 0.25) is 5.89 Å². The largest absolute Gasteiger partial charge is 0.442 e. The standard InChI is InChI=1S/C16H13N3O4S/c1-11-5-7-12(8-6-11)24(21,22)19-15(20)14-10-23-16(18-14)13-4-2-3-9-17-13/h2-10H,1H3,(H,19,20). The van der Waals surface area contributed by atoms with Crippen LogP contribution in [-0.4, -0.2) is 24.3 Å². The average Bonchev–Trinajstić information content (AvgIpc) is 3.06. The minimum absolute atomic E-state index is 0.00473. The maximum absolute atomic E-state index is 12.2. The molecule has 3 rings (SSSR count). The molecule has 7 nitrogen and oxygen atoms in total. The van der Waals surface area contributed by atoms with E-state index in [2.05, 4.69) is 9.97 Å². The Balaban J connectivity index is 1.80. The Labute approximate surface area is 138 Å². The smallest absolute Gasteiger partial charge is 0.286 e. The highest BCUT2D eigenvalue weighted by Gasteiger charge is 2.21. The predicted molar refractivity (Wildman–Crippen MR) is 85.6 cm³/mol. The molecule has 122 valence electrons. The van der Waals surface area contributed by atoms with Crippen molar-refractivity contribution >= 4 is 15.9 Å². The van der Waals surface area contributed by atoms with Crippen LogP contribution >= 0.6 is 0 Å². The molecule has 0 atom stereocenters. The summed E-state index contributed by atoms with van der Waals surface area (Å²) in [6.07, 6.45) is 2.64. The van der Waals surface area contributed by atoms with E-state index in [0.29, 0.717) is 5.69 Å². The number of nitrogens with one attached hydrogen (secondary N) is 1. The molecule has 1 N–H and O–H groups in total. The summed E-state index contributed by atoms with van der Waals surface area (Å²) in [5, 5.41) is 0. The SMILES string of the molecule is Cc1ccc(S(=O)(=O)NC(=O)c2coc(-c3ccccn3)n2)cc1. The van der Waals surface area contributed by atoms with Gasteiger partial charge < -0.3 is 4.42 Å². The van der Waals surface area contributed by atoms with Gasteiger partial charge in [0, 0.05) is 6.20 Å². The third-order valence-electron chi connectivity index (χ3n) is 3.18. The van der Waals surface area contributed by atoms with E-state index >= 15 is 0 Å². The molecule has 1 aromatic carbocycles. The van der Waals surface area contributed by atoms with Gasteiger partial charge in [0.05, 0.1) is 4.90 Å². The third kappa shape index (κ3) is 3.33. The molecule has 0 unspecified atom stereocenters. The summed E-state index contributed by atoms with van der Waals surface area (Å²) in [7, 11) is -3.98. The van der Waals surface area contributed by atoms with Crippen molar-refractivity contribution in [3.8, 4) is 11.6 Å². The second kappa shape index (κ2) is 6.25. The van der Waals surface area contributed by atoms with Crippen LogP contribution in [0.3, 0.4) is 0 Å². The van der Waals surface area contributed by atoms with E-state index in [1.165, 1.54) is 12.1 Å². The minimum atomic E-state index is -3.98. The zero-order valence-corrected chi connectivity index (χ0v) is 13.4. The molecular formula is C16H13N3O4S. The van der Waals surface area contributed by atoms with Crippen molar-refractivity contribution in [2.75, 3.05) is 0 Å². The van der Waals surface area contributed by atoms with Crippen molar-refractivity contribution in [2.45, 2.75) is 11.8 Å². The Hall–Kier alpha value is -3.00. The Morgan fingerprint density at radius 3 is 2.54 bits per heavy atom. The number of rotatable bonds is 4. The fourth-order valence-electron chi connectivity index (χ4n) is 1.94. The summed E-state index contributed by atoms with van der Waals surface area (Å²) in [6, 6.07) is 11.3. The van der Waals surface area contributed by atoms with Crippen molar-refractivity contribution in [3.05, 3.63) is 66.2 Å². The molecular weight excluding hydrogens is 330 g/mol. The fourth-order valence-corrected chi connectivity index (χ4v) is 2.90. The lowest BCUT2D eigenvalue weighted by molar-refractivity contribution is 0.0976. The van der Waals surface area contributed by atoms with Crippen LogP contribution in [0.2, 0.25) is 0 Å². The van der Waals surface area contributed by atoms with Gasteiger partial charge in [0.1, 0.15) is 12.0 Å². The van der Waals surface area contributed by atoms with Gasteiger partial charge in [-0.05, 0) is 31.2 Å². The molecule has 0 radical (unpaired) electrons. The van der Waals surface area contributed by atoms with Gasteiger partial charge in [0.25, 0.3) is 15.9 Å². The number of oxazole rings is 1. The molecule has 8 heteroatoms. The molecule has 0 saturated carbocycles. The van der Waals surface area contributed by atoms with Crippen molar-refractivity contribution in [2.24, 2.45) is 0 Å². The molecule has 2 aromatic heterocycles. The van der Waals surface area contributed by atoms with Crippen LogP contribution in [0, 0.1) is 6.92 Å². The summed E-state index contributed by atoms with van der Waals surface area (Å²) in [6.45, 7) is 1.84. The van der Waals surface area contributed by atoms with Crippen molar-refractivity contribution in [3.63, 3.8) is 0 Å². The summed E-state index contributed by atoms with van der Waals surface area (Å²) >= 11 is 0. The van der Waals surface area contributed by atoms with Gasteiger partial charge in [-0.2, -0.15) is 0 Å². The molecule has 24 heavy (non-hydrogen) atoms. The number of hydrogen-bond acceptors (Lipinski definition) is 6. The lowest BCUT2D eigenvalue weighted by atomic mass is 10.2. The average molecular weight is 343 g/mol. The summed E-state index contributed by atoms with van der Waals surface area (Å²) < 4.78 is 31.5. The molecule has 3 aromatic rings. The third-order valence-corrected chi connectivity index (χ3v) is 4.53. The Morgan fingerprint density at radius 2 is 1.88 bits per heavy atom. The van der Waals surface area contributed by atoms with Gasteiger partial charge in [-0.25, -0.2) is 18.1 Å². The number of carbonyl (C=O) groups is 1. The monoisotopic (exact) mass is 343 g/mol. The summed E-state index contributed by atoms with van der Waals surface area (Å²) in [5.74, 6) is -0.741. The summed E-state index contributed by atoms with van der Waals surface area (Å²) in [5.41, 5.74) is 1.21. The number of amides is 1. The number of aryl methyl sites for hydroxylation is 1. The van der Waals surface area contributed by atoms with E-state index in [0.717, 1.165) is 11.8 Å². The lowest BCUT2D eigenvalue weighted by Gasteiger charge is -2.05. The van der Waals surface area contributed by atoms with Gasteiger partial charge in [-0.1, -0.05) is 23.8 Å². The van der Waals surface area contributed by atoms with Gasteiger partial charge >= 0.3 is 0 Å². The first-order valence-corrected chi connectivity index (χ1v) is 8.45. The zero-order valence-electron chi connectivity index (χ0n) is 12.6. The van der Waals surface area contributed by atoms with E-state index in [9.17, 15) is 13.2 Å². The van der Waals surface area contributed by atoms with Gasteiger partial charge in [-0.15, -0.1) is 0 Å². The highest BCUT2D eigenvalue weighted by molar-refractivity contribution is 7.90. The first-order chi connectivity index (χ1) is 11.5. The van der Waals surface area contributed by atoms with Crippen molar-refractivity contribution in [1.82, 2.24) is 14.7 Å². The van der Waals surface area contributed by atoms with E-state index in [1.54, 1.807) is 36.5 Å². The number of aromatic nitrogens is 2. The van der Waals surface area contributed by atoms with Crippen molar-refractivity contribution in [1.29, 1.82) is 0 Å². The molecule has 0 saturated heterocycles. The maximum atomic E-state index is 12.2. The van der Waals surface area contributed by atoms with Crippen LogP contribution in [0.1, 0.15) is 16.1 Å². The van der Waals surface area contributed by atoms with Crippen LogP contribution in [0.15, 0.2) is 64.2 Å². The summed E-state index contributed by atoms with van der Waals surface area (Å²) in [4.78, 5) is 20.1. The highest BCUT2D eigenvalue weighted by atomic mass is 32.2. The number of nitrogens with zero attached hydrogens (tertiary/aromatic N) is 2. The second-order valence-corrected chi connectivity index (χ2v) is 6.68. The highest BCUT2D eigenvalue weighted by Crippen LogP contribution is 2.16. The molecule has 0 aliphatic carbocycles. The molecule has 1 amide bonds. The zero-order chi connectivity index (χ0) is 17.2. The van der Waals surface area contributed by atoms with Crippen LogP contribution in [0.25, 0.3) is 11.6 Å². The quantitative estimate of drug-likeness (QED) is 0.779. The molecule has 0 spiro atoms. The molecule has 2 heterocycles. The second-order valence-electron chi connectivity index (χ2n) is 5.00. The molecule has 0 aliphatic heterocycles. The van der Waals surface area contributed by atoms with Crippen LogP contribution in [-0.2, 0) is 10.0 Å². The molecule has 0 aliphatic rings. The van der Waals surface area contributed by atoms with Gasteiger partial charge in [-0.3, -0.25) is 9.78 Å². The van der Waals surface area contributed by atoms with E-state index in [4.69, 9.17) is 4.42 Å². The Bertz CT molecular complexity index is 964. The number of pyridine rings is 1. The first-order valence-electron chi connectivity index (χ1n) is 6.96. The van der Waals surface area contributed by atoms with E-state index < -0.39 is 15.9 Å².